The molecule has 2 atom stereocenters. The Labute approximate surface area is 499 Å². The van der Waals surface area contributed by atoms with Crippen LogP contribution in [0, 0.1) is 0 Å². The Morgan fingerprint density at radius 2 is 0.637 bits per heavy atom. The molecule has 0 aliphatic rings. The standard InChI is InChI=1S/C74H139NO5/c1-3-5-7-9-11-13-15-17-19-20-21-22-23-27-30-33-36-39-42-46-50-54-58-62-66-72(77)71(70-76)75-73(78)67-63-59-55-51-47-43-40-37-34-31-28-25-24-26-29-32-35-38-41-45-49-53-57-61-65-69-80-74(79)68-64-60-56-52-48-44-18-16-14-12-10-8-6-4-2/h10,12,16,18,25,28,62,66,71-72,76-77H,3-9,11,13-15,17,19-24,26-27,29-61,63-65,67-70H2,1-2H3,(H,75,78)/b12-10-,18-16-,28-25-,66-62+. The number of unbranched alkanes of at least 4 members (excludes halogenated alkanes) is 50. The van der Waals surface area contributed by atoms with Crippen molar-refractivity contribution in [2.24, 2.45) is 0 Å². The number of aliphatic hydroxyl groups is 2. The lowest BCUT2D eigenvalue weighted by atomic mass is 10.0. The molecule has 2 unspecified atom stereocenters. The molecule has 0 fully saturated rings. The van der Waals surface area contributed by atoms with Crippen molar-refractivity contribution in [1.82, 2.24) is 5.32 Å². The first-order valence-corrected chi connectivity index (χ1v) is 35.9. The molecule has 3 N–H and O–H groups in total. The van der Waals surface area contributed by atoms with Gasteiger partial charge in [0.15, 0.2) is 0 Å². The second kappa shape index (κ2) is 69.3. The van der Waals surface area contributed by atoms with Crippen LogP contribution in [0.4, 0.5) is 0 Å². The van der Waals surface area contributed by atoms with Gasteiger partial charge in [0.1, 0.15) is 0 Å². The van der Waals surface area contributed by atoms with Crippen LogP contribution >= 0.6 is 0 Å². The van der Waals surface area contributed by atoms with Crippen molar-refractivity contribution in [2.45, 2.75) is 398 Å². The highest BCUT2D eigenvalue weighted by Crippen LogP contribution is 2.18. The maximum absolute atomic E-state index is 12.5. The van der Waals surface area contributed by atoms with Crippen molar-refractivity contribution in [3.8, 4) is 0 Å². The molecular weight excluding hydrogens is 983 g/mol. The van der Waals surface area contributed by atoms with E-state index in [1.165, 1.54) is 308 Å². The Morgan fingerprint density at radius 3 is 1.00 bits per heavy atom. The molecule has 0 aromatic heterocycles. The minimum Gasteiger partial charge on any atom is -0.466 e. The van der Waals surface area contributed by atoms with E-state index >= 15 is 0 Å². The maximum Gasteiger partial charge on any atom is 0.305 e. The molecule has 1 amide bonds. The molecule has 0 aromatic rings. The summed E-state index contributed by atoms with van der Waals surface area (Å²) in [4.78, 5) is 24.6. The van der Waals surface area contributed by atoms with Gasteiger partial charge in [0.05, 0.1) is 25.4 Å². The monoisotopic (exact) mass is 1120 g/mol. The highest BCUT2D eigenvalue weighted by Gasteiger charge is 2.18. The number of allylic oxidation sites excluding steroid dienone is 7. The molecule has 0 heterocycles. The van der Waals surface area contributed by atoms with Crippen LogP contribution in [-0.4, -0.2) is 47.4 Å². The van der Waals surface area contributed by atoms with Gasteiger partial charge in [-0.2, -0.15) is 0 Å². The van der Waals surface area contributed by atoms with E-state index in [0.717, 1.165) is 51.4 Å². The zero-order valence-electron chi connectivity index (χ0n) is 53.8. The number of aliphatic hydroxyl groups excluding tert-OH is 2. The molecule has 0 radical (unpaired) electrons. The van der Waals surface area contributed by atoms with Crippen molar-refractivity contribution >= 4 is 11.9 Å². The third-order valence-electron chi connectivity index (χ3n) is 16.6. The number of carbonyl (C=O) groups is 2. The number of amides is 1. The molecule has 6 heteroatoms. The summed E-state index contributed by atoms with van der Waals surface area (Å²) < 4.78 is 5.48. The Kier molecular flexibility index (Phi) is 67.4. The second-order valence-electron chi connectivity index (χ2n) is 24.6. The summed E-state index contributed by atoms with van der Waals surface area (Å²) in [6, 6.07) is -0.633. The SMILES string of the molecule is CCCC/C=C\C/C=C\CCCCCCCC(=O)OCCCCCCCCCCCCCC/C=C\CCCCCCCCCCCC(=O)NC(CO)C(O)/C=C/CCCCCCCCCCCCCCCCCCCCCCCC. The van der Waals surface area contributed by atoms with E-state index in [9.17, 15) is 19.8 Å². The number of ether oxygens (including phenoxy) is 1. The fraction of sp³-hybridized carbons (Fsp3) is 0.865. The van der Waals surface area contributed by atoms with Crippen LogP contribution in [0.2, 0.25) is 0 Å². The Hall–Kier alpha value is -2.18. The van der Waals surface area contributed by atoms with Crippen LogP contribution in [0.25, 0.3) is 0 Å². The van der Waals surface area contributed by atoms with Crippen LogP contribution < -0.4 is 5.32 Å². The van der Waals surface area contributed by atoms with E-state index in [1.54, 1.807) is 6.08 Å². The van der Waals surface area contributed by atoms with Gasteiger partial charge in [0.2, 0.25) is 5.91 Å². The summed E-state index contributed by atoms with van der Waals surface area (Å²) in [5.41, 5.74) is 0. The van der Waals surface area contributed by atoms with E-state index in [2.05, 4.69) is 55.6 Å². The van der Waals surface area contributed by atoms with Crippen molar-refractivity contribution < 1.29 is 24.5 Å². The fourth-order valence-electron chi connectivity index (χ4n) is 11.1. The van der Waals surface area contributed by atoms with E-state index in [0.29, 0.717) is 19.4 Å². The summed E-state index contributed by atoms with van der Waals surface area (Å²) in [5, 5.41) is 23.3. The zero-order valence-corrected chi connectivity index (χ0v) is 53.8. The Bertz CT molecular complexity index is 1340. The first-order valence-electron chi connectivity index (χ1n) is 35.9. The second-order valence-corrected chi connectivity index (χ2v) is 24.6. The van der Waals surface area contributed by atoms with Gasteiger partial charge in [-0.1, -0.05) is 339 Å². The number of rotatable bonds is 67. The van der Waals surface area contributed by atoms with Crippen molar-refractivity contribution in [3.05, 3.63) is 48.6 Å². The van der Waals surface area contributed by atoms with Crippen LogP contribution in [0.1, 0.15) is 386 Å². The van der Waals surface area contributed by atoms with Crippen LogP contribution in [0.5, 0.6) is 0 Å². The average Bonchev–Trinajstić information content (AvgIpc) is 3.46. The lowest BCUT2D eigenvalue weighted by Gasteiger charge is -2.20. The molecule has 80 heavy (non-hydrogen) atoms. The highest BCUT2D eigenvalue weighted by atomic mass is 16.5. The predicted molar refractivity (Wildman–Crippen MR) is 352 cm³/mol. The van der Waals surface area contributed by atoms with Crippen molar-refractivity contribution in [3.63, 3.8) is 0 Å². The first-order chi connectivity index (χ1) is 39.5. The number of carbonyl (C=O) groups excluding carboxylic acids is 2. The highest BCUT2D eigenvalue weighted by molar-refractivity contribution is 5.76. The van der Waals surface area contributed by atoms with Crippen LogP contribution in [0.15, 0.2) is 48.6 Å². The third kappa shape index (κ3) is 65.0. The topological polar surface area (TPSA) is 95.9 Å². The summed E-state index contributed by atoms with van der Waals surface area (Å²) in [5.74, 6) is -0.0690. The van der Waals surface area contributed by atoms with Crippen molar-refractivity contribution in [1.29, 1.82) is 0 Å². The molecule has 0 spiro atoms. The van der Waals surface area contributed by atoms with Gasteiger partial charge in [0, 0.05) is 12.8 Å². The molecule has 0 saturated carbocycles. The number of hydrogen-bond acceptors (Lipinski definition) is 5. The molecule has 0 saturated heterocycles. The molecule has 0 rings (SSSR count). The number of esters is 1. The summed E-state index contributed by atoms with van der Waals surface area (Å²) >= 11 is 0. The van der Waals surface area contributed by atoms with Crippen molar-refractivity contribution in [2.75, 3.05) is 13.2 Å². The summed E-state index contributed by atoms with van der Waals surface area (Å²) in [6.45, 7) is 4.89. The van der Waals surface area contributed by atoms with Gasteiger partial charge in [-0.05, 0) is 83.5 Å². The van der Waals surface area contributed by atoms with E-state index in [-0.39, 0.29) is 18.5 Å². The van der Waals surface area contributed by atoms with Crippen LogP contribution in [-0.2, 0) is 14.3 Å². The minimum absolute atomic E-state index is 0.00141. The van der Waals surface area contributed by atoms with Gasteiger partial charge in [0.25, 0.3) is 0 Å². The molecular formula is C74H139NO5. The van der Waals surface area contributed by atoms with Gasteiger partial charge < -0.3 is 20.3 Å². The molecule has 0 bridgehead atoms. The largest absolute Gasteiger partial charge is 0.466 e. The van der Waals surface area contributed by atoms with Gasteiger partial charge in [-0.25, -0.2) is 0 Å². The summed E-state index contributed by atoms with van der Waals surface area (Å²) in [6.07, 6.45) is 90.5. The smallest absolute Gasteiger partial charge is 0.305 e. The lowest BCUT2D eigenvalue weighted by Crippen LogP contribution is -2.45. The van der Waals surface area contributed by atoms with Gasteiger partial charge in [-0.15, -0.1) is 0 Å². The number of hydrogen-bond donors (Lipinski definition) is 3. The maximum atomic E-state index is 12.5. The molecule has 0 aromatic carbocycles. The molecule has 0 aliphatic heterocycles. The Balaban J connectivity index is 3.43. The lowest BCUT2D eigenvalue weighted by molar-refractivity contribution is -0.143. The average molecular weight is 1120 g/mol. The third-order valence-corrected chi connectivity index (χ3v) is 16.6. The van der Waals surface area contributed by atoms with Gasteiger partial charge in [-0.3, -0.25) is 9.59 Å². The normalized spacial score (nSPS) is 12.8. The fourth-order valence-corrected chi connectivity index (χ4v) is 11.1. The Morgan fingerprint density at radius 1 is 0.350 bits per heavy atom. The van der Waals surface area contributed by atoms with E-state index in [1.807, 2.05) is 6.08 Å². The molecule has 6 nitrogen and oxygen atoms in total. The zero-order chi connectivity index (χ0) is 57.8. The van der Waals surface area contributed by atoms with Crippen LogP contribution in [0.3, 0.4) is 0 Å². The van der Waals surface area contributed by atoms with E-state index < -0.39 is 12.1 Å². The van der Waals surface area contributed by atoms with Gasteiger partial charge >= 0.3 is 5.97 Å². The predicted octanol–water partition coefficient (Wildman–Crippen LogP) is 23.3. The first kappa shape index (κ1) is 77.8. The van der Waals surface area contributed by atoms with E-state index in [4.69, 9.17) is 4.74 Å². The quantitative estimate of drug-likeness (QED) is 0.0320. The minimum atomic E-state index is -0.849. The summed E-state index contributed by atoms with van der Waals surface area (Å²) in [7, 11) is 0. The number of nitrogens with one attached hydrogen (secondary N) is 1. The molecule has 0 aliphatic carbocycles. The molecule has 470 valence electrons.